The van der Waals surface area contributed by atoms with E-state index in [9.17, 15) is 0 Å². The fraction of sp³-hybridized carbons (Fsp3) is 0.154. The third-order valence-corrected chi connectivity index (χ3v) is 2.42. The van der Waals surface area contributed by atoms with E-state index in [4.69, 9.17) is 9.84 Å². The van der Waals surface area contributed by atoms with E-state index in [1.165, 1.54) is 0 Å². The van der Waals surface area contributed by atoms with E-state index in [1.807, 2.05) is 43.9 Å². The molecule has 2 nitrogen and oxygen atoms in total. The Morgan fingerprint density at radius 3 is 2.53 bits per heavy atom. The summed E-state index contributed by atoms with van der Waals surface area (Å²) < 4.78 is 5.30. The molecule has 0 aromatic heterocycles. The molecule has 0 bridgehead atoms. The van der Waals surface area contributed by atoms with Crippen molar-refractivity contribution in [3.63, 3.8) is 0 Å². The summed E-state index contributed by atoms with van der Waals surface area (Å²) in [5, 5.41) is 9.02. The predicted molar refractivity (Wildman–Crippen MR) is 58.5 cm³/mol. The smallest absolute Gasteiger partial charge is 0.123 e. The third-order valence-electron chi connectivity index (χ3n) is 2.42. The molecule has 0 unspecified atom stereocenters. The molecule has 0 heterocycles. The zero-order chi connectivity index (χ0) is 10.7. The lowest BCUT2D eigenvalue weighted by atomic mass is 9.95. The molecule has 0 aliphatic heterocycles. The number of aliphatic hydroxyl groups is 1. The number of hydrogen-bond donors (Lipinski definition) is 1. The molecule has 1 fully saturated rings. The molecule has 0 atom stereocenters. The van der Waals surface area contributed by atoms with E-state index in [2.05, 4.69) is 0 Å². The van der Waals surface area contributed by atoms with Crippen LogP contribution in [0.4, 0.5) is 0 Å². The zero-order valence-corrected chi connectivity index (χ0v) is 8.60. The molecule has 15 heavy (non-hydrogen) atoms. The Hall–Kier alpha value is -1.02. The molecule has 2 rings (SSSR count). The Morgan fingerprint density at radius 1 is 1.20 bits per heavy atom. The molecule has 0 saturated heterocycles. The summed E-state index contributed by atoms with van der Waals surface area (Å²) in [5.74, 6) is 1.93. The molecule has 1 aliphatic rings. The van der Waals surface area contributed by atoms with Crippen LogP contribution in [0.5, 0.6) is 5.75 Å². The number of hydrogen-bond acceptors (Lipinski definition) is 2. The highest BCUT2D eigenvalue weighted by Gasteiger charge is 2.22. The maximum atomic E-state index is 9.02. The molecule has 5 radical (unpaired) electrons. The number of ether oxygens (including phenoxy) is 1. The highest BCUT2D eigenvalue weighted by Crippen LogP contribution is 2.35. The van der Waals surface area contributed by atoms with Gasteiger partial charge in [0.2, 0.25) is 0 Å². The van der Waals surface area contributed by atoms with E-state index < -0.39 is 0 Å². The summed E-state index contributed by atoms with van der Waals surface area (Å²) in [6.07, 6.45) is 8.07. The fourth-order valence-electron chi connectivity index (χ4n) is 1.63. The van der Waals surface area contributed by atoms with E-state index >= 15 is 0 Å². The summed E-state index contributed by atoms with van der Waals surface area (Å²) in [6, 6.07) is 5.74. The topological polar surface area (TPSA) is 29.5 Å². The van der Waals surface area contributed by atoms with Gasteiger partial charge in [0.15, 0.2) is 0 Å². The van der Waals surface area contributed by atoms with Gasteiger partial charge < -0.3 is 9.84 Å². The Morgan fingerprint density at radius 2 is 1.93 bits per heavy atom. The molecule has 0 spiro atoms. The van der Waals surface area contributed by atoms with Gasteiger partial charge in [-0.05, 0) is 37.3 Å². The summed E-state index contributed by atoms with van der Waals surface area (Å²) in [4.78, 5) is 0. The van der Waals surface area contributed by atoms with Crippen molar-refractivity contribution in [2.75, 3.05) is 7.11 Å². The van der Waals surface area contributed by atoms with Gasteiger partial charge in [-0.3, -0.25) is 0 Å². The van der Waals surface area contributed by atoms with Crippen molar-refractivity contribution in [1.82, 2.24) is 0 Å². The SMILES string of the molecule is COc1cc(CO)ccc1[C]1[CH][CH][CH][CH]1. The minimum atomic E-state index is 0.0393. The second kappa shape index (κ2) is 4.67. The minimum absolute atomic E-state index is 0.0393. The number of rotatable bonds is 3. The molecule has 1 N–H and O–H groups in total. The van der Waals surface area contributed by atoms with Crippen LogP contribution in [0.2, 0.25) is 0 Å². The van der Waals surface area contributed by atoms with E-state index in [0.717, 1.165) is 22.8 Å². The van der Waals surface area contributed by atoms with Gasteiger partial charge in [-0.1, -0.05) is 12.1 Å². The van der Waals surface area contributed by atoms with Crippen LogP contribution in [-0.2, 0) is 6.61 Å². The highest BCUT2D eigenvalue weighted by atomic mass is 16.5. The third kappa shape index (κ3) is 2.15. The maximum absolute atomic E-state index is 9.02. The summed E-state index contributed by atoms with van der Waals surface area (Å²) in [5.41, 5.74) is 1.92. The first-order valence-electron chi connectivity index (χ1n) is 4.85. The van der Waals surface area contributed by atoms with Crippen molar-refractivity contribution < 1.29 is 9.84 Å². The van der Waals surface area contributed by atoms with Crippen LogP contribution in [0, 0.1) is 31.6 Å². The van der Waals surface area contributed by atoms with E-state index in [0.29, 0.717) is 0 Å². The van der Waals surface area contributed by atoms with Gasteiger partial charge in [0, 0.05) is 11.5 Å². The lowest BCUT2D eigenvalue weighted by Gasteiger charge is -2.14. The van der Waals surface area contributed by atoms with Crippen molar-refractivity contribution in [2.45, 2.75) is 6.61 Å². The van der Waals surface area contributed by atoms with Gasteiger partial charge in [0.05, 0.1) is 13.7 Å². The monoisotopic (exact) mass is 201 g/mol. The first-order chi connectivity index (χ1) is 7.35. The summed E-state index contributed by atoms with van der Waals surface area (Å²) >= 11 is 0. The van der Waals surface area contributed by atoms with Crippen LogP contribution >= 0.6 is 0 Å². The van der Waals surface area contributed by atoms with Gasteiger partial charge in [-0.2, -0.15) is 0 Å². The van der Waals surface area contributed by atoms with Gasteiger partial charge >= 0.3 is 0 Å². The van der Waals surface area contributed by atoms with Crippen LogP contribution in [0.25, 0.3) is 0 Å². The number of methoxy groups -OCH3 is 1. The van der Waals surface area contributed by atoms with Crippen molar-refractivity contribution in [1.29, 1.82) is 0 Å². The van der Waals surface area contributed by atoms with Crippen LogP contribution in [0.1, 0.15) is 11.1 Å². The lowest BCUT2D eigenvalue weighted by molar-refractivity contribution is 0.281. The molecule has 2 heteroatoms. The Balaban J connectivity index is 2.29. The second-order valence-electron chi connectivity index (χ2n) is 3.37. The quantitative estimate of drug-likeness (QED) is 0.809. The number of benzene rings is 1. The van der Waals surface area contributed by atoms with Gasteiger partial charge in [0.25, 0.3) is 0 Å². The van der Waals surface area contributed by atoms with Crippen molar-refractivity contribution in [3.8, 4) is 5.75 Å². The molecule has 0 amide bonds. The molecular formula is C13H13O2. The Bertz CT molecular complexity index is 327. The van der Waals surface area contributed by atoms with Crippen molar-refractivity contribution >= 4 is 0 Å². The summed E-state index contributed by atoms with van der Waals surface area (Å²) in [7, 11) is 1.64. The van der Waals surface area contributed by atoms with Crippen molar-refractivity contribution in [2.24, 2.45) is 0 Å². The molecule has 1 aromatic carbocycles. The lowest BCUT2D eigenvalue weighted by Crippen LogP contribution is -2.00. The Labute approximate surface area is 90.9 Å². The normalized spacial score (nSPS) is 16.9. The van der Waals surface area contributed by atoms with Crippen molar-refractivity contribution in [3.05, 3.63) is 60.9 Å². The molecular weight excluding hydrogens is 188 g/mol. The largest absolute Gasteiger partial charge is 0.496 e. The van der Waals surface area contributed by atoms with Gasteiger partial charge in [-0.15, -0.1) is 0 Å². The first-order valence-corrected chi connectivity index (χ1v) is 4.85. The predicted octanol–water partition coefficient (Wildman–Crippen LogP) is 1.94. The van der Waals surface area contributed by atoms with Crippen LogP contribution in [0.15, 0.2) is 18.2 Å². The molecule has 1 saturated carbocycles. The first kappa shape index (κ1) is 10.5. The standard InChI is InChI=1S/C13H13O2/c1-15-13-8-10(9-14)6-7-12(13)11-4-2-3-5-11/h2-8,14H,9H2,1H3. The van der Waals surface area contributed by atoms with Crippen LogP contribution in [0.3, 0.4) is 0 Å². The molecule has 1 aliphatic carbocycles. The highest BCUT2D eigenvalue weighted by molar-refractivity contribution is 5.56. The van der Waals surface area contributed by atoms with E-state index in [-0.39, 0.29) is 6.61 Å². The fourth-order valence-corrected chi connectivity index (χ4v) is 1.63. The summed E-state index contributed by atoms with van der Waals surface area (Å²) in [6.45, 7) is 0.0393. The maximum Gasteiger partial charge on any atom is 0.123 e. The Kier molecular flexibility index (Phi) is 3.27. The molecule has 1 aromatic rings. The number of aliphatic hydroxyl groups excluding tert-OH is 1. The average molecular weight is 201 g/mol. The zero-order valence-electron chi connectivity index (χ0n) is 8.60. The average Bonchev–Trinajstić information content (AvgIpc) is 2.81. The van der Waals surface area contributed by atoms with Crippen LogP contribution < -0.4 is 4.74 Å². The van der Waals surface area contributed by atoms with Gasteiger partial charge in [0.1, 0.15) is 5.75 Å². The second-order valence-corrected chi connectivity index (χ2v) is 3.37. The molecule has 77 valence electrons. The van der Waals surface area contributed by atoms with E-state index in [1.54, 1.807) is 7.11 Å². The minimum Gasteiger partial charge on any atom is -0.496 e. The van der Waals surface area contributed by atoms with Gasteiger partial charge in [-0.25, -0.2) is 0 Å². The van der Waals surface area contributed by atoms with Crippen LogP contribution in [-0.4, -0.2) is 12.2 Å².